The zero-order valence-electron chi connectivity index (χ0n) is 9.79. The van der Waals surface area contributed by atoms with Gasteiger partial charge in [-0.3, -0.25) is 9.78 Å². The van der Waals surface area contributed by atoms with Crippen molar-refractivity contribution in [2.45, 2.75) is 40.0 Å². The molecule has 2 nitrogen and oxygen atoms in total. The van der Waals surface area contributed by atoms with Crippen molar-refractivity contribution in [3.8, 4) is 0 Å². The van der Waals surface area contributed by atoms with Crippen molar-refractivity contribution in [2.75, 3.05) is 0 Å². The molecule has 0 aromatic carbocycles. The van der Waals surface area contributed by atoms with Gasteiger partial charge < -0.3 is 0 Å². The third-order valence-electron chi connectivity index (χ3n) is 2.51. The Kier molecular flexibility index (Phi) is 4.47. The molecule has 1 heterocycles. The van der Waals surface area contributed by atoms with E-state index in [0.29, 0.717) is 12.3 Å². The Bertz CT molecular complexity index is 331. The molecule has 1 aromatic heterocycles. The van der Waals surface area contributed by atoms with E-state index in [1.807, 2.05) is 13.0 Å². The van der Waals surface area contributed by atoms with Gasteiger partial charge in [0, 0.05) is 24.4 Å². The molecular formula is C13H19NO. The molecule has 0 radical (unpaired) electrons. The molecule has 2 heteroatoms. The van der Waals surface area contributed by atoms with Crippen molar-refractivity contribution in [3.05, 3.63) is 29.6 Å². The van der Waals surface area contributed by atoms with Crippen LogP contribution in [0.1, 0.15) is 49.0 Å². The summed E-state index contributed by atoms with van der Waals surface area (Å²) in [4.78, 5) is 15.8. The zero-order valence-corrected chi connectivity index (χ0v) is 9.79. The Morgan fingerprint density at radius 3 is 2.80 bits per heavy atom. The molecule has 0 atom stereocenters. The predicted molar refractivity (Wildman–Crippen MR) is 62.0 cm³/mol. The van der Waals surface area contributed by atoms with Gasteiger partial charge in [-0.1, -0.05) is 20.3 Å². The van der Waals surface area contributed by atoms with E-state index in [-0.39, 0.29) is 5.78 Å². The van der Waals surface area contributed by atoms with Gasteiger partial charge in [0.2, 0.25) is 0 Å². The first kappa shape index (κ1) is 11.9. The molecular weight excluding hydrogens is 186 g/mol. The van der Waals surface area contributed by atoms with Gasteiger partial charge in [0.1, 0.15) is 0 Å². The second-order valence-electron chi connectivity index (χ2n) is 4.40. The largest absolute Gasteiger partial charge is 0.294 e. The summed E-state index contributed by atoms with van der Waals surface area (Å²) in [6, 6.07) is 1.81. The van der Waals surface area contributed by atoms with Gasteiger partial charge >= 0.3 is 0 Å². The van der Waals surface area contributed by atoms with Crippen LogP contribution in [0, 0.1) is 12.8 Å². The summed E-state index contributed by atoms with van der Waals surface area (Å²) in [6.45, 7) is 6.30. The fraction of sp³-hybridized carbons (Fsp3) is 0.538. The quantitative estimate of drug-likeness (QED) is 0.689. The molecule has 15 heavy (non-hydrogen) atoms. The van der Waals surface area contributed by atoms with Crippen molar-refractivity contribution in [1.82, 2.24) is 4.98 Å². The lowest BCUT2D eigenvalue weighted by molar-refractivity contribution is 0.0977. The smallest absolute Gasteiger partial charge is 0.163 e. The van der Waals surface area contributed by atoms with Crippen LogP contribution in [0.3, 0.4) is 0 Å². The SMILES string of the molecule is Cc1cnccc1C(=O)CCCC(C)C. The number of carbonyl (C=O) groups is 1. The highest BCUT2D eigenvalue weighted by molar-refractivity contribution is 5.97. The van der Waals surface area contributed by atoms with Gasteiger partial charge in [-0.2, -0.15) is 0 Å². The van der Waals surface area contributed by atoms with Gasteiger partial charge in [-0.25, -0.2) is 0 Å². The van der Waals surface area contributed by atoms with E-state index in [1.54, 1.807) is 12.4 Å². The minimum atomic E-state index is 0.246. The maximum atomic E-state index is 11.8. The molecule has 0 spiro atoms. The third kappa shape index (κ3) is 3.82. The third-order valence-corrected chi connectivity index (χ3v) is 2.51. The van der Waals surface area contributed by atoms with Crippen LogP contribution < -0.4 is 0 Å². The van der Waals surface area contributed by atoms with Crippen molar-refractivity contribution in [2.24, 2.45) is 5.92 Å². The number of carbonyl (C=O) groups excluding carboxylic acids is 1. The Hall–Kier alpha value is -1.18. The number of hydrogen-bond donors (Lipinski definition) is 0. The molecule has 82 valence electrons. The summed E-state index contributed by atoms with van der Waals surface area (Å²) in [6.07, 6.45) is 6.19. The maximum Gasteiger partial charge on any atom is 0.163 e. The highest BCUT2D eigenvalue weighted by Gasteiger charge is 2.08. The lowest BCUT2D eigenvalue weighted by Gasteiger charge is -2.05. The van der Waals surface area contributed by atoms with Crippen LogP contribution in [-0.2, 0) is 0 Å². The minimum Gasteiger partial charge on any atom is -0.294 e. The summed E-state index contributed by atoms with van der Waals surface area (Å²) in [5.74, 6) is 0.923. The van der Waals surface area contributed by atoms with Crippen LogP contribution in [0.15, 0.2) is 18.5 Å². The van der Waals surface area contributed by atoms with Crippen LogP contribution in [-0.4, -0.2) is 10.8 Å². The molecule has 1 aromatic rings. The number of hydrogen-bond acceptors (Lipinski definition) is 2. The average Bonchev–Trinajstić information content (AvgIpc) is 2.17. The summed E-state index contributed by atoms with van der Waals surface area (Å²) in [5, 5.41) is 0. The summed E-state index contributed by atoms with van der Waals surface area (Å²) in [5.41, 5.74) is 1.81. The zero-order chi connectivity index (χ0) is 11.3. The number of rotatable bonds is 5. The molecule has 0 unspecified atom stereocenters. The van der Waals surface area contributed by atoms with Crippen LogP contribution in [0.2, 0.25) is 0 Å². The van der Waals surface area contributed by atoms with Gasteiger partial charge in [0.05, 0.1) is 0 Å². The van der Waals surface area contributed by atoms with Crippen LogP contribution in [0.4, 0.5) is 0 Å². The fourth-order valence-corrected chi connectivity index (χ4v) is 1.59. The lowest BCUT2D eigenvalue weighted by atomic mass is 10.00. The summed E-state index contributed by atoms with van der Waals surface area (Å²) >= 11 is 0. The fourth-order valence-electron chi connectivity index (χ4n) is 1.59. The second-order valence-corrected chi connectivity index (χ2v) is 4.40. The van der Waals surface area contributed by atoms with Crippen molar-refractivity contribution in [3.63, 3.8) is 0 Å². The summed E-state index contributed by atoms with van der Waals surface area (Å²) < 4.78 is 0. The molecule has 0 amide bonds. The molecule has 0 N–H and O–H groups in total. The van der Waals surface area contributed by atoms with E-state index >= 15 is 0 Å². The van der Waals surface area contributed by atoms with E-state index in [0.717, 1.165) is 24.0 Å². The molecule has 0 bridgehead atoms. The van der Waals surface area contributed by atoms with Crippen LogP contribution in [0.5, 0.6) is 0 Å². The van der Waals surface area contributed by atoms with Gasteiger partial charge in [-0.15, -0.1) is 0 Å². The van der Waals surface area contributed by atoms with Crippen LogP contribution in [0.25, 0.3) is 0 Å². The van der Waals surface area contributed by atoms with E-state index in [9.17, 15) is 4.79 Å². The monoisotopic (exact) mass is 205 g/mol. The molecule has 0 saturated heterocycles. The highest BCUT2D eigenvalue weighted by Crippen LogP contribution is 2.12. The molecule has 0 aliphatic rings. The Morgan fingerprint density at radius 1 is 1.47 bits per heavy atom. The van der Waals surface area contributed by atoms with Crippen molar-refractivity contribution >= 4 is 5.78 Å². The van der Waals surface area contributed by atoms with E-state index in [4.69, 9.17) is 0 Å². The van der Waals surface area contributed by atoms with Gasteiger partial charge in [-0.05, 0) is 30.9 Å². The van der Waals surface area contributed by atoms with Gasteiger partial charge in [0.15, 0.2) is 5.78 Å². The average molecular weight is 205 g/mol. The first-order chi connectivity index (χ1) is 7.11. The number of aromatic nitrogens is 1. The van der Waals surface area contributed by atoms with E-state index < -0.39 is 0 Å². The van der Waals surface area contributed by atoms with E-state index in [1.165, 1.54) is 0 Å². The molecule has 0 aliphatic heterocycles. The first-order valence-electron chi connectivity index (χ1n) is 5.55. The molecule has 0 aliphatic carbocycles. The maximum absolute atomic E-state index is 11.8. The standard InChI is InChI=1S/C13H19NO/c1-10(2)5-4-6-13(15)12-7-8-14-9-11(12)3/h7-10H,4-6H2,1-3H3. The molecule has 0 saturated carbocycles. The lowest BCUT2D eigenvalue weighted by Crippen LogP contribution is -2.02. The number of ketones is 1. The van der Waals surface area contributed by atoms with E-state index in [2.05, 4.69) is 18.8 Å². The Labute approximate surface area is 91.7 Å². The highest BCUT2D eigenvalue weighted by atomic mass is 16.1. The number of pyridine rings is 1. The molecule has 1 rings (SSSR count). The Morgan fingerprint density at radius 2 is 2.20 bits per heavy atom. The molecule has 0 fully saturated rings. The summed E-state index contributed by atoms with van der Waals surface area (Å²) in [7, 11) is 0. The Balaban J connectivity index is 2.51. The van der Waals surface area contributed by atoms with Crippen molar-refractivity contribution < 1.29 is 4.79 Å². The second kappa shape index (κ2) is 5.64. The number of Topliss-reactive ketones (excluding diaryl/α,β-unsaturated/α-hetero) is 1. The number of aryl methyl sites for hydroxylation is 1. The van der Waals surface area contributed by atoms with Crippen molar-refractivity contribution in [1.29, 1.82) is 0 Å². The minimum absolute atomic E-state index is 0.246. The normalized spacial score (nSPS) is 10.7. The predicted octanol–water partition coefficient (Wildman–Crippen LogP) is 3.40. The van der Waals surface area contributed by atoms with Gasteiger partial charge in [0.25, 0.3) is 0 Å². The van der Waals surface area contributed by atoms with Crippen LogP contribution >= 0.6 is 0 Å². The first-order valence-corrected chi connectivity index (χ1v) is 5.55. The number of nitrogens with zero attached hydrogens (tertiary/aromatic N) is 1. The topological polar surface area (TPSA) is 30.0 Å².